The van der Waals surface area contributed by atoms with Gasteiger partial charge in [-0.1, -0.05) is 29.8 Å². The molecule has 0 aromatic heterocycles. The third kappa shape index (κ3) is 1.35. The van der Waals surface area contributed by atoms with Crippen molar-refractivity contribution in [1.82, 2.24) is 0 Å². The molecule has 13 heavy (non-hydrogen) atoms. The summed E-state index contributed by atoms with van der Waals surface area (Å²) >= 11 is 6.03. The minimum atomic E-state index is -0.799. The molecule has 0 aliphatic heterocycles. The Labute approximate surface area is 82.7 Å². The molecule has 0 heterocycles. The van der Waals surface area contributed by atoms with Gasteiger partial charge in [0.05, 0.1) is 0 Å². The fraction of sp³-hybridized carbons (Fsp3) is 0.455. The monoisotopic (exact) mass is 198 g/mol. The standard InChI is InChI=1S/C11H12ClF/c1-8(13)11(6-7-11)9-4-2-3-5-10(9)12/h2-5,8H,6-7H2,1H3. The van der Waals surface area contributed by atoms with Crippen molar-refractivity contribution in [3.63, 3.8) is 0 Å². The molecule has 0 spiro atoms. The SMILES string of the molecule is CC(F)C1(c2ccccc2Cl)CC1. The van der Waals surface area contributed by atoms with Gasteiger partial charge in [-0.15, -0.1) is 0 Å². The van der Waals surface area contributed by atoms with E-state index in [2.05, 4.69) is 0 Å². The van der Waals surface area contributed by atoms with Crippen molar-refractivity contribution >= 4 is 11.6 Å². The maximum absolute atomic E-state index is 13.3. The van der Waals surface area contributed by atoms with Crippen LogP contribution in [0.15, 0.2) is 24.3 Å². The summed E-state index contributed by atoms with van der Waals surface area (Å²) in [5.74, 6) is 0. The predicted molar refractivity (Wildman–Crippen MR) is 52.9 cm³/mol. The molecule has 1 fully saturated rings. The van der Waals surface area contributed by atoms with E-state index in [1.807, 2.05) is 24.3 Å². The Balaban J connectivity index is 2.41. The van der Waals surface area contributed by atoms with Crippen LogP contribution in [-0.2, 0) is 5.41 Å². The van der Waals surface area contributed by atoms with Crippen LogP contribution in [0.25, 0.3) is 0 Å². The first-order chi connectivity index (χ1) is 6.17. The summed E-state index contributed by atoms with van der Waals surface area (Å²) in [4.78, 5) is 0. The topological polar surface area (TPSA) is 0 Å². The number of hydrogen-bond acceptors (Lipinski definition) is 0. The number of benzene rings is 1. The van der Waals surface area contributed by atoms with Crippen molar-refractivity contribution in [1.29, 1.82) is 0 Å². The first-order valence-corrected chi connectivity index (χ1v) is 4.94. The number of halogens is 2. The van der Waals surface area contributed by atoms with Gasteiger partial charge in [0.25, 0.3) is 0 Å². The molecule has 1 saturated carbocycles. The molecule has 1 atom stereocenters. The highest BCUT2D eigenvalue weighted by atomic mass is 35.5. The zero-order valence-electron chi connectivity index (χ0n) is 7.56. The molecule has 1 aromatic carbocycles. The van der Waals surface area contributed by atoms with Gasteiger partial charge in [0.15, 0.2) is 0 Å². The molecule has 1 unspecified atom stereocenters. The van der Waals surface area contributed by atoms with Crippen molar-refractivity contribution in [2.24, 2.45) is 0 Å². The molecular formula is C11H12ClF. The average molecular weight is 199 g/mol. The van der Waals surface area contributed by atoms with Crippen LogP contribution in [0, 0.1) is 0 Å². The average Bonchev–Trinajstić information content (AvgIpc) is 2.85. The fourth-order valence-corrected chi connectivity index (χ4v) is 2.20. The maximum Gasteiger partial charge on any atom is 0.107 e. The summed E-state index contributed by atoms with van der Waals surface area (Å²) in [5, 5.41) is 0.699. The Morgan fingerprint density at radius 1 is 1.38 bits per heavy atom. The highest BCUT2D eigenvalue weighted by Gasteiger charge is 2.50. The molecule has 2 rings (SSSR count). The van der Waals surface area contributed by atoms with E-state index >= 15 is 0 Å². The van der Waals surface area contributed by atoms with Crippen LogP contribution in [0.4, 0.5) is 4.39 Å². The van der Waals surface area contributed by atoms with Crippen LogP contribution in [0.1, 0.15) is 25.3 Å². The Kier molecular flexibility index (Phi) is 2.07. The summed E-state index contributed by atoms with van der Waals surface area (Å²) in [6.07, 6.45) is 1.05. The van der Waals surface area contributed by atoms with Crippen molar-refractivity contribution < 1.29 is 4.39 Å². The third-order valence-corrected chi connectivity index (χ3v) is 3.29. The number of hydrogen-bond donors (Lipinski definition) is 0. The van der Waals surface area contributed by atoms with E-state index in [9.17, 15) is 4.39 Å². The molecule has 1 aliphatic rings. The lowest BCUT2D eigenvalue weighted by Crippen LogP contribution is -2.18. The zero-order valence-corrected chi connectivity index (χ0v) is 8.31. The highest BCUT2D eigenvalue weighted by molar-refractivity contribution is 6.31. The Morgan fingerprint density at radius 3 is 2.46 bits per heavy atom. The number of alkyl halides is 1. The van der Waals surface area contributed by atoms with Crippen molar-refractivity contribution in [3.8, 4) is 0 Å². The van der Waals surface area contributed by atoms with E-state index < -0.39 is 6.17 Å². The molecule has 1 aromatic rings. The molecule has 2 heteroatoms. The van der Waals surface area contributed by atoms with Gasteiger partial charge in [0, 0.05) is 10.4 Å². The van der Waals surface area contributed by atoms with Gasteiger partial charge in [-0.25, -0.2) is 4.39 Å². The predicted octanol–water partition coefficient (Wildman–Crippen LogP) is 3.73. The van der Waals surface area contributed by atoms with Gasteiger partial charge in [0.2, 0.25) is 0 Å². The molecule has 1 aliphatic carbocycles. The lowest BCUT2D eigenvalue weighted by atomic mass is 9.92. The summed E-state index contributed by atoms with van der Waals surface area (Å²) in [7, 11) is 0. The second-order valence-corrected chi connectivity index (χ2v) is 4.16. The minimum Gasteiger partial charge on any atom is -0.247 e. The first kappa shape index (κ1) is 9.01. The van der Waals surface area contributed by atoms with E-state index in [0.717, 1.165) is 18.4 Å². The molecule has 0 saturated heterocycles. The summed E-state index contributed by atoms with van der Waals surface area (Å²) in [5.41, 5.74) is 0.713. The first-order valence-electron chi connectivity index (χ1n) is 4.56. The molecule has 0 N–H and O–H groups in total. The molecule has 0 amide bonds. The second-order valence-electron chi connectivity index (χ2n) is 3.75. The Morgan fingerprint density at radius 2 is 2.00 bits per heavy atom. The van der Waals surface area contributed by atoms with Gasteiger partial charge in [-0.05, 0) is 31.4 Å². The highest BCUT2D eigenvalue weighted by Crippen LogP contribution is 2.53. The zero-order chi connectivity index (χ0) is 9.47. The van der Waals surface area contributed by atoms with Crippen molar-refractivity contribution in [2.75, 3.05) is 0 Å². The van der Waals surface area contributed by atoms with E-state index in [1.54, 1.807) is 6.92 Å². The van der Waals surface area contributed by atoms with Gasteiger partial charge in [-0.2, -0.15) is 0 Å². The van der Waals surface area contributed by atoms with E-state index in [0.29, 0.717) is 5.02 Å². The molecule has 0 bridgehead atoms. The molecule has 70 valence electrons. The molecule has 0 radical (unpaired) electrons. The van der Waals surface area contributed by atoms with E-state index in [-0.39, 0.29) is 5.41 Å². The van der Waals surface area contributed by atoms with Crippen LogP contribution in [0.5, 0.6) is 0 Å². The van der Waals surface area contributed by atoms with Crippen LogP contribution in [0.2, 0.25) is 5.02 Å². The quantitative estimate of drug-likeness (QED) is 0.680. The van der Waals surface area contributed by atoms with Crippen LogP contribution >= 0.6 is 11.6 Å². The van der Waals surface area contributed by atoms with Gasteiger partial charge < -0.3 is 0 Å². The van der Waals surface area contributed by atoms with Crippen LogP contribution in [-0.4, -0.2) is 6.17 Å². The number of rotatable bonds is 2. The Hall–Kier alpha value is -0.560. The Bertz CT molecular complexity index is 316. The summed E-state index contributed by atoms with van der Waals surface area (Å²) < 4.78 is 13.3. The molecular weight excluding hydrogens is 187 g/mol. The van der Waals surface area contributed by atoms with E-state index in [4.69, 9.17) is 11.6 Å². The third-order valence-electron chi connectivity index (χ3n) is 2.96. The van der Waals surface area contributed by atoms with Gasteiger partial charge >= 0.3 is 0 Å². The summed E-state index contributed by atoms with van der Waals surface area (Å²) in [6, 6.07) is 7.57. The smallest absolute Gasteiger partial charge is 0.107 e. The maximum atomic E-state index is 13.3. The largest absolute Gasteiger partial charge is 0.247 e. The van der Waals surface area contributed by atoms with E-state index in [1.165, 1.54) is 0 Å². The normalized spacial score (nSPS) is 21.2. The lowest BCUT2D eigenvalue weighted by molar-refractivity contribution is 0.290. The molecule has 0 nitrogen and oxygen atoms in total. The van der Waals surface area contributed by atoms with Crippen LogP contribution < -0.4 is 0 Å². The lowest BCUT2D eigenvalue weighted by Gasteiger charge is -2.18. The van der Waals surface area contributed by atoms with Gasteiger partial charge in [-0.3, -0.25) is 0 Å². The minimum absolute atomic E-state index is 0.266. The van der Waals surface area contributed by atoms with Crippen molar-refractivity contribution in [3.05, 3.63) is 34.9 Å². The summed E-state index contributed by atoms with van der Waals surface area (Å²) in [6.45, 7) is 1.62. The van der Waals surface area contributed by atoms with Gasteiger partial charge in [0.1, 0.15) is 6.17 Å². The van der Waals surface area contributed by atoms with Crippen molar-refractivity contribution in [2.45, 2.75) is 31.4 Å². The van der Waals surface area contributed by atoms with Crippen LogP contribution in [0.3, 0.4) is 0 Å². The second kappa shape index (κ2) is 2.98. The fourth-order valence-electron chi connectivity index (χ4n) is 1.88.